The van der Waals surface area contributed by atoms with Gasteiger partial charge in [0.25, 0.3) is 0 Å². The second kappa shape index (κ2) is 6.54. The third-order valence-electron chi connectivity index (χ3n) is 6.99. The van der Waals surface area contributed by atoms with Crippen molar-refractivity contribution < 1.29 is 15.3 Å². The number of benzene rings is 1. The summed E-state index contributed by atoms with van der Waals surface area (Å²) in [4.78, 5) is 2.21. The molecule has 0 bridgehead atoms. The van der Waals surface area contributed by atoms with Gasteiger partial charge in [-0.25, -0.2) is 0 Å². The van der Waals surface area contributed by atoms with Crippen molar-refractivity contribution in [3.63, 3.8) is 0 Å². The lowest BCUT2D eigenvalue weighted by molar-refractivity contribution is -0.174. The summed E-state index contributed by atoms with van der Waals surface area (Å²) in [6.07, 6.45) is 2.09. The number of nitrogens with one attached hydrogen (secondary N) is 1. The molecule has 1 aromatic carbocycles. The summed E-state index contributed by atoms with van der Waals surface area (Å²) in [5, 5.41) is 36.1. The lowest BCUT2D eigenvalue weighted by atomic mass is 9.52. The number of phenols is 1. The summed E-state index contributed by atoms with van der Waals surface area (Å²) in [7, 11) is 3.89. The van der Waals surface area contributed by atoms with E-state index >= 15 is 0 Å². The number of hydrogen-bond donors (Lipinski definition) is 4. The number of aryl methyl sites for hydroxylation is 1. The van der Waals surface area contributed by atoms with E-state index in [4.69, 9.17) is 0 Å². The van der Waals surface area contributed by atoms with Gasteiger partial charge in [-0.15, -0.1) is 0 Å². The molecule has 2 fully saturated rings. The molecule has 0 spiro atoms. The number of aliphatic hydroxyl groups is 2. The van der Waals surface area contributed by atoms with E-state index in [1.54, 1.807) is 6.07 Å². The van der Waals surface area contributed by atoms with Crippen LogP contribution in [0, 0.1) is 0 Å². The van der Waals surface area contributed by atoms with Gasteiger partial charge in [-0.1, -0.05) is 13.0 Å². The van der Waals surface area contributed by atoms with Gasteiger partial charge in [-0.3, -0.25) is 0 Å². The minimum absolute atomic E-state index is 0.0309. The Morgan fingerprint density at radius 1 is 1.32 bits per heavy atom. The van der Waals surface area contributed by atoms with Gasteiger partial charge in [0.15, 0.2) is 0 Å². The molecule has 0 radical (unpaired) electrons. The number of aromatic hydroxyl groups is 1. The molecular weight excluding hydrogens is 316 g/mol. The Kier molecular flexibility index (Phi) is 4.88. The predicted octanol–water partition coefficient (Wildman–Crippen LogP) is 1.39. The molecule has 140 valence electrons. The van der Waals surface area contributed by atoms with E-state index in [2.05, 4.69) is 31.1 Å². The van der Waals surface area contributed by atoms with Crippen molar-refractivity contribution >= 4 is 0 Å². The van der Waals surface area contributed by atoms with Crippen molar-refractivity contribution in [2.45, 2.75) is 68.7 Å². The van der Waals surface area contributed by atoms with E-state index in [-0.39, 0.29) is 17.8 Å². The third kappa shape index (κ3) is 2.69. The number of likely N-dealkylation sites (tertiary alicyclic amines) is 1. The van der Waals surface area contributed by atoms with Crippen LogP contribution < -0.4 is 5.32 Å². The Morgan fingerprint density at radius 3 is 2.68 bits per heavy atom. The quantitative estimate of drug-likeness (QED) is 0.664. The maximum absolute atomic E-state index is 12.0. The van der Waals surface area contributed by atoms with Crippen LogP contribution in [-0.4, -0.2) is 64.6 Å². The molecule has 0 aromatic heterocycles. The standard InChI is InChI=1S/C20H32N2O3/c1-5-14-6-7-15(23)10-16(14)19-8-9-22(4)13(2)20(19,25)11-17(21-3)18(24)12-19/h6-7,10,13,17-18,21,23-25H,5,8-9,11-12H2,1-4H3/t13-,17+,18-,19-,20-/m1/s1. The van der Waals surface area contributed by atoms with Gasteiger partial charge in [0.1, 0.15) is 5.75 Å². The first-order chi connectivity index (χ1) is 11.8. The van der Waals surface area contributed by atoms with Gasteiger partial charge < -0.3 is 25.5 Å². The fourth-order valence-electron chi connectivity index (χ4n) is 5.25. The second-order valence-electron chi connectivity index (χ2n) is 7.98. The highest BCUT2D eigenvalue weighted by Crippen LogP contribution is 2.55. The molecule has 1 aromatic rings. The molecule has 0 unspecified atom stereocenters. The summed E-state index contributed by atoms with van der Waals surface area (Å²) in [5.74, 6) is 0.223. The zero-order valence-electron chi connectivity index (χ0n) is 15.8. The number of likely N-dealkylation sites (N-methyl/N-ethyl adjacent to an activating group) is 2. The molecule has 5 nitrogen and oxygen atoms in total. The molecule has 1 aliphatic carbocycles. The average Bonchev–Trinajstić information content (AvgIpc) is 2.60. The van der Waals surface area contributed by atoms with Crippen LogP contribution in [0.4, 0.5) is 0 Å². The Hall–Kier alpha value is -1.14. The first-order valence-corrected chi connectivity index (χ1v) is 9.39. The monoisotopic (exact) mass is 348 g/mol. The number of fused-ring (bicyclic) bond motifs is 1. The number of piperidine rings is 1. The van der Waals surface area contributed by atoms with Crippen LogP contribution in [0.25, 0.3) is 0 Å². The second-order valence-corrected chi connectivity index (χ2v) is 7.98. The van der Waals surface area contributed by atoms with Crippen LogP contribution in [0.3, 0.4) is 0 Å². The Morgan fingerprint density at radius 2 is 2.04 bits per heavy atom. The number of rotatable bonds is 3. The highest BCUT2D eigenvalue weighted by atomic mass is 16.3. The Bertz CT molecular complexity index is 637. The van der Waals surface area contributed by atoms with Gasteiger partial charge >= 0.3 is 0 Å². The van der Waals surface area contributed by atoms with Crippen molar-refractivity contribution in [2.24, 2.45) is 0 Å². The summed E-state index contributed by atoms with van der Waals surface area (Å²) in [6, 6.07) is 5.32. The molecular formula is C20H32N2O3. The Labute approximate surface area is 150 Å². The van der Waals surface area contributed by atoms with E-state index in [0.717, 1.165) is 30.5 Å². The van der Waals surface area contributed by atoms with Crippen molar-refractivity contribution in [1.29, 1.82) is 0 Å². The molecule has 1 aliphatic heterocycles. The van der Waals surface area contributed by atoms with Crippen molar-refractivity contribution in [3.05, 3.63) is 29.3 Å². The third-order valence-corrected chi connectivity index (χ3v) is 6.99. The number of hydrogen-bond acceptors (Lipinski definition) is 5. The molecule has 1 heterocycles. The van der Waals surface area contributed by atoms with E-state index in [1.807, 2.05) is 19.2 Å². The minimum Gasteiger partial charge on any atom is -0.508 e. The molecule has 25 heavy (non-hydrogen) atoms. The zero-order valence-corrected chi connectivity index (χ0v) is 15.8. The lowest BCUT2D eigenvalue weighted by Crippen LogP contribution is -2.73. The fourth-order valence-corrected chi connectivity index (χ4v) is 5.25. The zero-order chi connectivity index (χ0) is 18.4. The van der Waals surface area contributed by atoms with Crippen LogP contribution in [-0.2, 0) is 11.8 Å². The minimum atomic E-state index is -0.968. The highest BCUT2D eigenvalue weighted by Gasteiger charge is 2.62. The van der Waals surface area contributed by atoms with E-state index in [9.17, 15) is 15.3 Å². The van der Waals surface area contributed by atoms with E-state index in [1.165, 1.54) is 0 Å². The first-order valence-electron chi connectivity index (χ1n) is 9.39. The van der Waals surface area contributed by atoms with Crippen LogP contribution in [0.15, 0.2) is 18.2 Å². The number of phenolic OH excluding ortho intramolecular Hbond substituents is 1. The first kappa shape index (κ1) is 18.6. The number of nitrogens with zero attached hydrogens (tertiary/aromatic N) is 1. The predicted molar refractivity (Wildman–Crippen MR) is 98.9 cm³/mol. The van der Waals surface area contributed by atoms with Crippen LogP contribution in [0.1, 0.15) is 44.2 Å². The van der Waals surface area contributed by atoms with Crippen LogP contribution in [0.2, 0.25) is 0 Å². The molecule has 1 saturated heterocycles. The number of aliphatic hydroxyl groups excluding tert-OH is 1. The average molecular weight is 348 g/mol. The van der Waals surface area contributed by atoms with E-state index in [0.29, 0.717) is 12.8 Å². The summed E-state index contributed by atoms with van der Waals surface area (Å²) in [6.45, 7) is 5.03. The smallest absolute Gasteiger partial charge is 0.115 e. The summed E-state index contributed by atoms with van der Waals surface area (Å²) >= 11 is 0. The largest absolute Gasteiger partial charge is 0.508 e. The highest BCUT2D eigenvalue weighted by molar-refractivity contribution is 5.45. The molecule has 4 N–H and O–H groups in total. The topological polar surface area (TPSA) is 76.0 Å². The van der Waals surface area contributed by atoms with E-state index < -0.39 is 17.1 Å². The molecule has 0 amide bonds. The van der Waals surface area contributed by atoms with Gasteiger partial charge in [-0.2, -0.15) is 0 Å². The van der Waals surface area contributed by atoms with Crippen LogP contribution >= 0.6 is 0 Å². The van der Waals surface area contributed by atoms with Crippen LogP contribution in [0.5, 0.6) is 5.75 Å². The maximum Gasteiger partial charge on any atom is 0.115 e. The van der Waals surface area contributed by atoms with Crippen molar-refractivity contribution in [1.82, 2.24) is 10.2 Å². The SMILES string of the molecule is CCc1ccc(O)cc1[C@]12CCN(C)[C@H](C)[C@]1(O)C[C@H](NC)[C@H](O)C2. The van der Waals surface area contributed by atoms with Gasteiger partial charge in [0, 0.05) is 17.5 Å². The fraction of sp³-hybridized carbons (Fsp3) is 0.700. The maximum atomic E-state index is 12.0. The Balaban J connectivity index is 2.20. The molecule has 5 atom stereocenters. The molecule has 2 aliphatic rings. The molecule has 1 saturated carbocycles. The summed E-state index contributed by atoms with van der Waals surface area (Å²) < 4.78 is 0. The van der Waals surface area contributed by atoms with Crippen molar-refractivity contribution in [2.75, 3.05) is 20.6 Å². The molecule has 5 heteroatoms. The van der Waals surface area contributed by atoms with Gasteiger partial charge in [-0.05, 0) is 76.5 Å². The summed E-state index contributed by atoms with van der Waals surface area (Å²) in [5.41, 5.74) is 0.634. The molecule has 3 rings (SSSR count). The lowest BCUT2D eigenvalue weighted by Gasteiger charge is -2.62. The van der Waals surface area contributed by atoms with Crippen molar-refractivity contribution in [3.8, 4) is 5.75 Å². The van der Waals surface area contributed by atoms with Gasteiger partial charge in [0.05, 0.1) is 11.7 Å². The normalized spacial score (nSPS) is 39.2. The van der Waals surface area contributed by atoms with Gasteiger partial charge in [0.2, 0.25) is 0 Å².